The number of benzene rings is 2. The highest BCUT2D eigenvalue weighted by molar-refractivity contribution is 9.10. The van der Waals surface area contributed by atoms with Gasteiger partial charge >= 0.3 is 0 Å². The van der Waals surface area contributed by atoms with Gasteiger partial charge in [0.05, 0.1) is 0 Å². The minimum absolute atomic E-state index is 0.398. The zero-order valence-corrected chi connectivity index (χ0v) is 17.9. The van der Waals surface area contributed by atoms with E-state index in [0.29, 0.717) is 23.0 Å². The van der Waals surface area contributed by atoms with Gasteiger partial charge in [0.25, 0.3) is 0 Å². The molecule has 0 amide bonds. The van der Waals surface area contributed by atoms with Crippen LogP contribution in [0.1, 0.15) is 18.4 Å². The molecule has 0 atom stereocenters. The quantitative estimate of drug-likeness (QED) is 0.445. The molecule has 8 heteroatoms. The van der Waals surface area contributed by atoms with Gasteiger partial charge in [0.15, 0.2) is 11.6 Å². The Labute approximate surface area is 182 Å². The summed E-state index contributed by atoms with van der Waals surface area (Å²) in [4.78, 5) is 11.6. The van der Waals surface area contributed by atoms with E-state index in [0.717, 1.165) is 48.3 Å². The lowest BCUT2D eigenvalue weighted by Gasteiger charge is -2.33. The van der Waals surface area contributed by atoms with Gasteiger partial charge in [0.1, 0.15) is 0 Å². The number of aromatic nitrogens is 4. The summed E-state index contributed by atoms with van der Waals surface area (Å²) in [5.41, 5.74) is 3.16. The topological polar surface area (TPSA) is 80.0 Å². The number of halogens is 1. The van der Waals surface area contributed by atoms with Crippen LogP contribution in [0.25, 0.3) is 11.3 Å². The van der Waals surface area contributed by atoms with Crippen molar-refractivity contribution in [2.45, 2.75) is 19.3 Å². The zero-order chi connectivity index (χ0) is 20.3. The van der Waals surface area contributed by atoms with E-state index in [9.17, 15) is 0 Å². The summed E-state index contributed by atoms with van der Waals surface area (Å²) in [6.45, 7) is 1.85. The smallest absolute Gasteiger partial charge is 0.245 e. The summed E-state index contributed by atoms with van der Waals surface area (Å²) in [6, 6.07) is 18.7. The van der Waals surface area contributed by atoms with Crippen molar-refractivity contribution in [2.24, 2.45) is 5.92 Å². The predicted molar refractivity (Wildman–Crippen MR) is 120 cm³/mol. The second kappa shape index (κ2) is 8.39. The minimum atomic E-state index is 0.398. The van der Waals surface area contributed by atoms with Crippen LogP contribution in [0.5, 0.6) is 0 Å². The Kier molecular flexibility index (Phi) is 5.31. The Bertz CT molecular complexity index is 1140. The third kappa shape index (κ3) is 4.14. The van der Waals surface area contributed by atoms with Gasteiger partial charge in [-0.05, 0) is 59.3 Å². The number of hydrogen-bond acceptors (Lipinski definition) is 7. The van der Waals surface area contributed by atoms with Crippen LogP contribution < -0.4 is 10.2 Å². The van der Waals surface area contributed by atoms with E-state index in [1.165, 1.54) is 5.56 Å². The van der Waals surface area contributed by atoms with Gasteiger partial charge < -0.3 is 10.2 Å². The van der Waals surface area contributed by atoms with E-state index < -0.39 is 0 Å². The highest BCUT2D eigenvalue weighted by Gasteiger charge is 2.24. The second-order valence-corrected chi connectivity index (χ2v) is 8.48. The Hall–Kier alpha value is -3.00. The van der Waals surface area contributed by atoms with Crippen molar-refractivity contribution >= 4 is 44.5 Å². The maximum atomic E-state index is 4.84. The van der Waals surface area contributed by atoms with Crippen LogP contribution in [0, 0.1) is 5.92 Å². The Balaban J connectivity index is 1.37. The third-order valence-corrected chi connectivity index (χ3v) is 5.96. The molecule has 1 saturated heterocycles. The van der Waals surface area contributed by atoms with E-state index in [2.05, 4.69) is 71.8 Å². The van der Waals surface area contributed by atoms with Gasteiger partial charge in [-0.1, -0.05) is 52.3 Å². The van der Waals surface area contributed by atoms with Gasteiger partial charge in [-0.2, -0.15) is 0 Å². The van der Waals surface area contributed by atoms with Gasteiger partial charge in [0.2, 0.25) is 11.3 Å². The normalized spacial score (nSPS) is 14.9. The molecule has 152 valence electrons. The van der Waals surface area contributed by atoms with Gasteiger partial charge in [0, 0.05) is 23.2 Å². The van der Waals surface area contributed by atoms with Crippen molar-refractivity contribution in [1.29, 1.82) is 0 Å². The predicted octanol–water partition coefficient (Wildman–Crippen LogP) is 4.98. The van der Waals surface area contributed by atoms with E-state index in [-0.39, 0.29) is 0 Å². The highest BCUT2D eigenvalue weighted by Crippen LogP contribution is 2.31. The fraction of sp³-hybridized carbons (Fsp3) is 0.273. The summed E-state index contributed by atoms with van der Waals surface area (Å²) in [7, 11) is 0. The van der Waals surface area contributed by atoms with Crippen LogP contribution in [-0.4, -0.2) is 33.4 Å². The molecule has 0 spiro atoms. The summed E-state index contributed by atoms with van der Waals surface area (Å²) in [6.07, 6.45) is 3.35. The molecule has 0 unspecified atom stereocenters. The lowest BCUT2D eigenvalue weighted by Crippen LogP contribution is -2.35. The van der Waals surface area contributed by atoms with Crippen LogP contribution in [0.3, 0.4) is 0 Å². The van der Waals surface area contributed by atoms with E-state index in [1.807, 2.05) is 24.3 Å². The summed E-state index contributed by atoms with van der Waals surface area (Å²) in [5.74, 6) is 2.13. The summed E-state index contributed by atoms with van der Waals surface area (Å²) in [5, 5.41) is 11.1. The Morgan fingerprint density at radius 2 is 1.73 bits per heavy atom. The zero-order valence-electron chi connectivity index (χ0n) is 16.3. The largest absolute Gasteiger partial charge is 0.353 e. The van der Waals surface area contributed by atoms with Crippen molar-refractivity contribution < 1.29 is 4.63 Å². The molecule has 30 heavy (non-hydrogen) atoms. The molecule has 3 heterocycles. The molecule has 1 aliphatic rings. The number of fused-ring (bicyclic) bond motifs is 1. The maximum absolute atomic E-state index is 4.84. The summed E-state index contributed by atoms with van der Waals surface area (Å²) < 4.78 is 5.83. The monoisotopic (exact) mass is 464 g/mol. The molecule has 2 aromatic carbocycles. The van der Waals surface area contributed by atoms with Gasteiger partial charge in [-0.25, -0.2) is 14.6 Å². The SMILES string of the molecule is Brc1cccc(Nc2nc3nonc3nc2N2CCC(Cc3ccccc3)CC2)c1. The molecule has 2 aromatic heterocycles. The second-order valence-electron chi connectivity index (χ2n) is 7.56. The number of nitrogens with one attached hydrogen (secondary N) is 1. The number of anilines is 3. The first-order valence-corrected chi connectivity index (χ1v) is 10.9. The number of rotatable bonds is 5. The van der Waals surface area contributed by atoms with Crippen LogP contribution in [-0.2, 0) is 6.42 Å². The molecule has 1 aliphatic heterocycles. The van der Waals surface area contributed by atoms with Crippen LogP contribution >= 0.6 is 15.9 Å². The van der Waals surface area contributed by atoms with Crippen molar-refractivity contribution in [3.05, 3.63) is 64.6 Å². The Morgan fingerprint density at radius 1 is 0.967 bits per heavy atom. The molecule has 0 bridgehead atoms. The fourth-order valence-corrected chi connectivity index (χ4v) is 4.33. The minimum Gasteiger partial charge on any atom is -0.353 e. The molecule has 0 aliphatic carbocycles. The number of hydrogen-bond donors (Lipinski definition) is 1. The molecular formula is C22H21BrN6O. The molecule has 7 nitrogen and oxygen atoms in total. The lowest BCUT2D eigenvalue weighted by molar-refractivity contribution is 0.314. The number of piperidine rings is 1. The first-order valence-electron chi connectivity index (χ1n) is 10.1. The average Bonchev–Trinajstić information content (AvgIpc) is 3.22. The first kappa shape index (κ1) is 19.0. The van der Waals surface area contributed by atoms with E-state index >= 15 is 0 Å². The van der Waals surface area contributed by atoms with E-state index in [1.54, 1.807) is 0 Å². The molecule has 5 rings (SSSR count). The van der Waals surface area contributed by atoms with Crippen LogP contribution in [0.15, 0.2) is 63.7 Å². The fourth-order valence-electron chi connectivity index (χ4n) is 3.93. The maximum Gasteiger partial charge on any atom is 0.245 e. The summed E-state index contributed by atoms with van der Waals surface area (Å²) >= 11 is 3.51. The van der Waals surface area contributed by atoms with E-state index in [4.69, 9.17) is 9.61 Å². The van der Waals surface area contributed by atoms with Crippen molar-refractivity contribution in [2.75, 3.05) is 23.3 Å². The van der Waals surface area contributed by atoms with Crippen molar-refractivity contribution in [3.63, 3.8) is 0 Å². The molecule has 0 saturated carbocycles. The van der Waals surface area contributed by atoms with Crippen molar-refractivity contribution in [3.8, 4) is 0 Å². The molecule has 0 radical (unpaired) electrons. The average molecular weight is 465 g/mol. The lowest BCUT2D eigenvalue weighted by atomic mass is 9.90. The Morgan fingerprint density at radius 3 is 2.50 bits per heavy atom. The highest BCUT2D eigenvalue weighted by atomic mass is 79.9. The van der Waals surface area contributed by atoms with Crippen LogP contribution in [0.4, 0.5) is 17.3 Å². The standard InChI is InChI=1S/C22H21BrN6O/c23-17-7-4-8-18(14-17)24-21-22(26-20-19(25-21)27-30-28-20)29-11-9-16(10-12-29)13-15-5-2-1-3-6-15/h1-8,14,16H,9-13H2,(H,24,25,27). The first-order chi connectivity index (χ1) is 14.7. The third-order valence-electron chi connectivity index (χ3n) is 5.46. The van der Waals surface area contributed by atoms with Gasteiger partial charge in [-0.15, -0.1) is 0 Å². The van der Waals surface area contributed by atoms with Crippen molar-refractivity contribution in [1.82, 2.24) is 20.3 Å². The molecular weight excluding hydrogens is 444 g/mol. The molecule has 4 aromatic rings. The molecule has 1 N–H and O–H groups in total. The van der Waals surface area contributed by atoms with Crippen LogP contribution in [0.2, 0.25) is 0 Å². The molecule has 1 fully saturated rings. The number of nitrogens with zero attached hydrogens (tertiary/aromatic N) is 5. The van der Waals surface area contributed by atoms with Gasteiger partial charge in [-0.3, -0.25) is 0 Å².